The third-order valence-electron chi connectivity index (χ3n) is 2.24. The Balaban J connectivity index is 2.28. The molecule has 1 amide bonds. The van der Waals surface area contributed by atoms with Crippen molar-refractivity contribution in [3.8, 4) is 0 Å². The fourth-order valence-corrected chi connectivity index (χ4v) is 1.52. The molecule has 0 unspecified atom stereocenters. The van der Waals surface area contributed by atoms with Gasteiger partial charge in [-0.3, -0.25) is 4.79 Å². The van der Waals surface area contributed by atoms with Crippen molar-refractivity contribution in [3.05, 3.63) is 58.5 Å². The van der Waals surface area contributed by atoms with Crippen molar-refractivity contribution < 1.29 is 18.0 Å². The molecule has 0 saturated carbocycles. The molecule has 2 rings (SSSR count). The molecule has 1 aromatic carbocycles. The Hall–Kier alpha value is -2.08. The Bertz CT molecular complexity index is 649. The van der Waals surface area contributed by atoms with Crippen LogP contribution >= 0.6 is 11.6 Å². The lowest BCUT2D eigenvalue weighted by Crippen LogP contribution is -2.15. The minimum absolute atomic E-state index is 0.0710. The highest BCUT2D eigenvalue weighted by Crippen LogP contribution is 2.17. The second kappa shape index (κ2) is 5.27. The van der Waals surface area contributed by atoms with Crippen LogP contribution < -0.4 is 5.32 Å². The average Bonchev–Trinajstić information content (AvgIpc) is 2.36. The topological polar surface area (TPSA) is 42.0 Å². The number of anilines is 1. The Morgan fingerprint density at radius 2 is 1.89 bits per heavy atom. The van der Waals surface area contributed by atoms with Crippen molar-refractivity contribution in [3.63, 3.8) is 0 Å². The summed E-state index contributed by atoms with van der Waals surface area (Å²) in [7, 11) is 0. The molecular formula is C12H6ClF3N2O. The van der Waals surface area contributed by atoms with Crippen LogP contribution in [-0.2, 0) is 0 Å². The number of carbonyl (C=O) groups is 1. The summed E-state index contributed by atoms with van der Waals surface area (Å²) in [6.07, 6.45) is 1.33. The van der Waals surface area contributed by atoms with E-state index in [-0.39, 0.29) is 5.82 Å². The molecule has 0 atom stereocenters. The monoisotopic (exact) mass is 286 g/mol. The third kappa shape index (κ3) is 2.85. The number of aromatic nitrogens is 1. The first-order valence-electron chi connectivity index (χ1n) is 5.05. The van der Waals surface area contributed by atoms with Crippen molar-refractivity contribution >= 4 is 23.3 Å². The molecule has 2 aromatic rings. The minimum Gasteiger partial charge on any atom is -0.306 e. The summed E-state index contributed by atoms with van der Waals surface area (Å²) in [5.74, 6) is -5.51. The lowest BCUT2D eigenvalue weighted by molar-refractivity contribution is 0.102. The van der Waals surface area contributed by atoms with E-state index in [9.17, 15) is 18.0 Å². The van der Waals surface area contributed by atoms with Crippen molar-refractivity contribution in [2.24, 2.45) is 0 Å². The molecule has 1 N–H and O–H groups in total. The van der Waals surface area contributed by atoms with E-state index < -0.39 is 28.9 Å². The normalized spacial score (nSPS) is 10.3. The summed E-state index contributed by atoms with van der Waals surface area (Å²) < 4.78 is 39.1. The maximum absolute atomic E-state index is 13.4. The molecule has 3 nitrogen and oxygen atoms in total. The van der Waals surface area contributed by atoms with Crippen LogP contribution in [0.3, 0.4) is 0 Å². The summed E-state index contributed by atoms with van der Waals surface area (Å²) in [6, 6.07) is 4.32. The number of rotatable bonds is 2. The highest BCUT2D eigenvalue weighted by atomic mass is 35.5. The predicted molar refractivity (Wildman–Crippen MR) is 63.5 cm³/mol. The number of nitrogens with one attached hydrogen (secondary N) is 1. The summed E-state index contributed by atoms with van der Waals surface area (Å²) in [6.45, 7) is 0. The van der Waals surface area contributed by atoms with Crippen LogP contribution in [0.1, 0.15) is 10.4 Å². The summed E-state index contributed by atoms with van der Waals surface area (Å²) in [5, 5.41) is 2.54. The van der Waals surface area contributed by atoms with E-state index in [0.717, 1.165) is 6.07 Å². The highest BCUT2D eigenvalue weighted by Gasteiger charge is 2.19. The first kappa shape index (κ1) is 13.4. The zero-order valence-corrected chi connectivity index (χ0v) is 10.0. The fraction of sp³-hybridized carbons (Fsp3) is 0. The van der Waals surface area contributed by atoms with Gasteiger partial charge in [-0.2, -0.15) is 0 Å². The van der Waals surface area contributed by atoms with Gasteiger partial charge in [0.05, 0.1) is 5.56 Å². The van der Waals surface area contributed by atoms with Crippen molar-refractivity contribution in [2.75, 3.05) is 5.32 Å². The molecule has 0 aliphatic carbocycles. The zero-order chi connectivity index (χ0) is 14.0. The van der Waals surface area contributed by atoms with Gasteiger partial charge < -0.3 is 5.32 Å². The van der Waals surface area contributed by atoms with Gasteiger partial charge in [-0.05, 0) is 24.3 Å². The SMILES string of the molecule is O=C(Nc1cc(Cl)ccn1)c1ccc(F)c(F)c1F. The van der Waals surface area contributed by atoms with E-state index in [2.05, 4.69) is 10.3 Å². The number of hydrogen-bond donors (Lipinski definition) is 1. The molecule has 7 heteroatoms. The van der Waals surface area contributed by atoms with Crippen LogP contribution in [0.15, 0.2) is 30.5 Å². The smallest absolute Gasteiger partial charge is 0.259 e. The lowest BCUT2D eigenvalue weighted by atomic mass is 10.2. The standard InChI is InChI=1S/C12H6ClF3N2O/c13-6-3-4-17-9(5-6)18-12(19)7-1-2-8(14)11(16)10(7)15/h1-5H,(H,17,18,19). The van der Waals surface area contributed by atoms with Gasteiger partial charge in [0.15, 0.2) is 17.5 Å². The molecule has 0 fully saturated rings. The molecule has 0 saturated heterocycles. The van der Waals surface area contributed by atoms with Crippen LogP contribution in [0, 0.1) is 17.5 Å². The largest absolute Gasteiger partial charge is 0.306 e. The summed E-state index contributed by atoms with van der Waals surface area (Å²) in [5.41, 5.74) is -0.624. The second-order valence-electron chi connectivity index (χ2n) is 3.54. The molecule has 1 aromatic heterocycles. The van der Waals surface area contributed by atoms with Crippen molar-refractivity contribution in [2.45, 2.75) is 0 Å². The van der Waals surface area contributed by atoms with Gasteiger partial charge in [0.1, 0.15) is 5.82 Å². The van der Waals surface area contributed by atoms with E-state index in [0.29, 0.717) is 11.1 Å². The van der Waals surface area contributed by atoms with E-state index >= 15 is 0 Å². The number of benzene rings is 1. The second-order valence-corrected chi connectivity index (χ2v) is 3.97. The van der Waals surface area contributed by atoms with Crippen molar-refractivity contribution in [1.29, 1.82) is 0 Å². The van der Waals surface area contributed by atoms with E-state index in [1.807, 2.05) is 0 Å². The number of nitrogens with zero attached hydrogens (tertiary/aromatic N) is 1. The van der Waals surface area contributed by atoms with Crippen LogP contribution in [0.4, 0.5) is 19.0 Å². The summed E-state index contributed by atoms with van der Waals surface area (Å²) in [4.78, 5) is 15.5. The molecule has 0 aliphatic heterocycles. The van der Waals surface area contributed by atoms with E-state index in [4.69, 9.17) is 11.6 Å². The van der Waals surface area contributed by atoms with Crippen LogP contribution in [-0.4, -0.2) is 10.9 Å². The Morgan fingerprint density at radius 1 is 1.16 bits per heavy atom. The Labute approximate surface area is 111 Å². The number of halogens is 4. The average molecular weight is 287 g/mol. The van der Waals surface area contributed by atoms with Crippen molar-refractivity contribution in [1.82, 2.24) is 4.98 Å². The van der Waals surface area contributed by atoms with Crippen LogP contribution in [0.5, 0.6) is 0 Å². The molecular weight excluding hydrogens is 281 g/mol. The number of pyridine rings is 1. The maximum Gasteiger partial charge on any atom is 0.259 e. The Morgan fingerprint density at radius 3 is 2.58 bits per heavy atom. The van der Waals surface area contributed by atoms with Gasteiger partial charge in [-0.25, -0.2) is 18.2 Å². The maximum atomic E-state index is 13.4. The number of amides is 1. The molecule has 0 bridgehead atoms. The van der Waals surface area contributed by atoms with Crippen LogP contribution in [0.25, 0.3) is 0 Å². The van der Waals surface area contributed by atoms with Gasteiger partial charge in [0.25, 0.3) is 5.91 Å². The van der Waals surface area contributed by atoms with Crippen LogP contribution in [0.2, 0.25) is 5.02 Å². The lowest BCUT2D eigenvalue weighted by Gasteiger charge is -2.06. The van der Waals surface area contributed by atoms with Gasteiger partial charge in [0.2, 0.25) is 0 Å². The zero-order valence-electron chi connectivity index (χ0n) is 9.25. The van der Waals surface area contributed by atoms with Gasteiger partial charge in [0, 0.05) is 11.2 Å². The third-order valence-corrected chi connectivity index (χ3v) is 2.48. The minimum atomic E-state index is -1.70. The predicted octanol–water partition coefficient (Wildman–Crippen LogP) is 3.40. The molecule has 0 radical (unpaired) electrons. The fourth-order valence-electron chi connectivity index (χ4n) is 1.36. The Kier molecular flexibility index (Phi) is 3.71. The van der Waals surface area contributed by atoms with Gasteiger partial charge >= 0.3 is 0 Å². The molecule has 0 spiro atoms. The highest BCUT2D eigenvalue weighted by molar-refractivity contribution is 6.30. The van der Waals surface area contributed by atoms with E-state index in [1.165, 1.54) is 18.3 Å². The summed E-state index contributed by atoms with van der Waals surface area (Å²) >= 11 is 5.68. The number of hydrogen-bond acceptors (Lipinski definition) is 2. The first-order valence-corrected chi connectivity index (χ1v) is 5.43. The van der Waals surface area contributed by atoms with Gasteiger partial charge in [-0.15, -0.1) is 0 Å². The number of carbonyl (C=O) groups excluding carboxylic acids is 1. The molecule has 98 valence electrons. The van der Waals surface area contributed by atoms with E-state index in [1.54, 1.807) is 0 Å². The van der Waals surface area contributed by atoms with Gasteiger partial charge in [-0.1, -0.05) is 11.6 Å². The molecule has 19 heavy (non-hydrogen) atoms. The molecule has 1 heterocycles. The molecule has 0 aliphatic rings. The quantitative estimate of drug-likeness (QED) is 0.860. The first-order chi connectivity index (χ1) is 8.99.